The van der Waals surface area contributed by atoms with E-state index in [2.05, 4.69) is 26.6 Å². The summed E-state index contributed by atoms with van der Waals surface area (Å²) < 4.78 is 33.3. The van der Waals surface area contributed by atoms with E-state index in [1.165, 1.54) is 30.5 Å². The number of benzene rings is 2. The zero-order valence-electron chi connectivity index (χ0n) is 16.5. The number of halogens is 1. The minimum Gasteiger partial charge on any atom is -0.495 e. The lowest BCUT2D eigenvalue weighted by molar-refractivity contribution is -0.119. The number of hydrogen-bond acceptors (Lipinski definition) is 5. The average Bonchev–Trinajstić information content (AvgIpc) is 3.19. The second kappa shape index (κ2) is 9.15. The van der Waals surface area contributed by atoms with E-state index in [1.807, 2.05) is 0 Å². The fraction of sp³-hybridized carbons (Fsp3) is 0.300. The summed E-state index contributed by atoms with van der Waals surface area (Å²) in [4.78, 5) is 24.4. The minimum atomic E-state index is -3.80. The van der Waals surface area contributed by atoms with Gasteiger partial charge in [0.1, 0.15) is 11.8 Å². The number of carbonyl (C=O) groups is 2. The fourth-order valence-corrected chi connectivity index (χ4v) is 5.25. The minimum absolute atomic E-state index is 0.141. The quantitative estimate of drug-likeness (QED) is 0.639. The first kappa shape index (κ1) is 22.3. The molecule has 1 fully saturated rings. The largest absolute Gasteiger partial charge is 0.495 e. The lowest BCUT2D eigenvalue weighted by Gasteiger charge is -2.23. The van der Waals surface area contributed by atoms with Gasteiger partial charge in [-0.3, -0.25) is 9.59 Å². The van der Waals surface area contributed by atoms with Gasteiger partial charge < -0.3 is 15.4 Å². The molecule has 0 aromatic heterocycles. The van der Waals surface area contributed by atoms with Gasteiger partial charge in [0.15, 0.2) is 0 Å². The second-order valence-corrected chi connectivity index (χ2v) is 9.62. The number of nitrogens with zero attached hydrogens (tertiary/aromatic N) is 1. The van der Waals surface area contributed by atoms with Crippen LogP contribution in [0.2, 0.25) is 0 Å². The van der Waals surface area contributed by atoms with Gasteiger partial charge in [0.25, 0.3) is 0 Å². The van der Waals surface area contributed by atoms with Crippen molar-refractivity contribution in [1.82, 2.24) is 4.31 Å². The van der Waals surface area contributed by atoms with Gasteiger partial charge in [-0.05, 0) is 55.3 Å². The molecule has 1 aliphatic heterocycles. The first-order valence-electron chi connectivity index (χ1n) is 9.26. The van der Waals surface area contributed by atoms with Crippen LogP contribution in [-0.4, -0.2) is 44.2 Å². The number of nitrogens with one attached hydrogen (secondary N) is 2. The third-order valence-electron chi connectivity index (χ3n) is 4.70. The Morgan fingerprint density at radius 1 is 1.13 bits per heavy atom. The van der Waals surface area contributed by atoms with E-state index in [9.17, 15) is 18.0 Å². The smallest absolute Gasteiger partial charge is 0.243 e. The van der Waals surface area contributed by atoms with Crippen LogP contribution in [0, 0.1) is 0 Å². The molecular formula is C20H22BrN3O5S. The Labute approximate surface area is 183 Å². The van der Waals surface area contributed by atoms with E-state index in [-0.39, 0.29) is 17.3 Å². The SMILES string of the molecule is COc1ccc(NC(=O)C2CCCN2S(=O)(=O)c2ccc(Br)cc2)cc1NC(C)=O. The number of sulfonamides is 1. The molecule has 1 heterocycles. The summed E-state index contributed by atoms with van der Waals surface area (Å²) in [5.74, 6) is -0.255. The van der Waals surface area contributed by atoms with Crippen molar-refractivity contribution in [2.75, 3.05) is 24.3 Å². The summed E-state index contributed by atoms with van der Waals surface area (Å²) in [6, 6.07) is 10.3. The maximum absolute atomic E-state index is 13.0. The van der Waals surface area contributed by atoms with Crippen LogP contribution >= 0.6 is 15.9 Å². The van der Waals surface area contributed by atoms with Crippen molar-refractivity contribution >= 4 is 49.1 Å². The highest BCUT2D eigenvalue weighted by Crippen LogP contribution is 2.30. The Balaban J connectivity index is 1.81. The first-order valence-corrected chi connectivity index (χ1v) is 11.5. The lowest BCUT2D eigenvalue weighted by Crippen LogP contribution is -2.43. The predicted octanol–water partition coefficient (Wildman–Crippen LogP) is 3.21. The van der Waals surface area contributed by atoms with E-state index in [0.29, 0.717) is 30.0 Å². The molecule has 8 nitrogen and oxygen atoms in total. The zero-order valence-corrected chi connectivity index (χ0v) is 18.9. The average molecular weight is 496 g/mol. The monoisotopic (exact) mass is 495 g/mol. The maximum Gasteiger partial charge on any atom is 0.243 e. The van der Waals surface area contributed by atoms with E-state index >= 15 is 0 Å². The number of ether oxygens (including phenoxy) is 1. The molecule has 2 amide bonds. The third-order valence-corrected chi connectivity index (χ3v) is 7.16. The molecule has 1 aliphatic rings. The predicted molar refractivity (Wildman–Crippen MR) is 117 cm³/mol. The highest BCUT2D eigenvalue weighted by molar-refractivity contribution is 9.10. The lowest BCUT2D eigenvalue weighted by atomic mass is 10.2. The topological polar surface area (TPSA) is 105 Å². The summed E-state index contributed by atoms with van der Waals surface area (Å²) in [5, 5.41) is 5.39. The normalized spacial score (nSPS) is 16.8. The van der Waals surface area contributed by atoms with Crippen LogP contribution in [0.15, 0.2) is 51.8 Å². The molecule has 10 heteroatoms. The summed E-state index contributed by atoms with van der Waals surface area (Å²) in [6.07, 6.45) is 1.02. The molecule has 0 spiro atoms. The fourth-order valence-electron chi connectivity index (χ4n) is 3.33. The molecule has 0 aliphatic carbocycles. The Morgan fingerprint density at radius 3 is 2.47 bits per heavy atom. The number of methoxy groups -OCH3 is 1. The zero-order chi connectivity index (χ0) is 21.9. The van der Waals surface area contributed by atoms with Crippen LogP contribution in [0.4, 0.5) is 11.4 Å². The Hall–Kier alpha value is -2.43. The Kier molecular flexibility index (Phi) is 6.79. The number of rotatable bonds is 6. The van der Waals surface area contributed by atoms with E-state index < -0.39 is 22.0 Å². The molecule has 1 atom stereocenters. The van der Waals surface area contributed by atoms with Crippen LogP contribution in [0.25, 0.3) is 0 Å². The number of anilines is 2. The molecule has 2 N–H and O–H groups in total. The molecule has 30 heavy (non-hydrogen) atoms. The number of carbonyl (C=O) groups excluding carboxylic acids is 2. The van der Waals surface area contributed by atoms with Gasteiger partial charge in [-0.1, -0.05) is 15.9 Å². The maximum atomic E-state index is 13.0. The summed E-state index contributed by atoms with van der Waals surface area (Å²) in [5.41, 5.74) is 0.839. The molecule has 3 rings (SSSR count). The summed E-state index contributed by atoms with van der Waals surface area (Å²) in [7, 11) is -2.33. The second-order valence-electron chi connectivity index (χ2n) is 6.81. The highest BCUT2D eigenvalue weighted by Gasteiger charge is 2.39. The van der Waals surface area contributed by atoms with E-state index in [4.69, 9.17) is 4.74 Å². The molecule has 2 aromatic carbocycles. The van der Waals surface area contributed by atoms with Crippen molar-refractivity contribution in [2.45, 2.75) is 30.7 Å². The highest BCUT2D eigenvalue weighted by atomic mass is 79.9. The van der Waals surface area contributed by atoms with Crippen LogP contribution in [0.3, 0.4) is 0 Å². The van der Waals surface area contributed by atoms with Gasteiger partial charge >= 0.3 is 0 Å². The molecule has 0 radical (unpaired) electrons. The van der Waals surface area contributed by atoms with Crippen molar-refractivity contribution in [3.05, 3.63) is 46.9 Å². The van der Waals surface area contributed by atoms with Gasteiger partial charge in [0.05, 0.1) is 17.7 Å². The molecule has 1 saturated heterocycles. The number of amides is 2. The van der Waals surface area contributed by atoms with E-state index in [0.717, 1.165) is 4.47 Å². The van der Waals surface area contributed by atoms with Crippen LogP contribution in [0.1, 0.15) is 19.8 Å². The molecule has 2 aromatic rings. The van der Waals surface area contributed by atoms with Gasteiger partial charge in [-0.25, -0.2) is 8.42 Å². The van der Waals surface area contributed by atoms with E-state index in [1.54, 1.807) is 30.3 Å². The van der Waals surface area contributed by atoms with Gasteiger partial charge in [-0.2, -0.15) is 4.31 Å². The molecular weight excluding hydrogens is 474 g/mol. The van der Waals surface area contributed by atoms with Crippen molar-refractivity contribution in [1.29, 1.82) is 0 Å². The molecule has 0 saturated carbocycles. The third kappa shape index (κ3) is 4.82. The van der Waals surface area contributed by atoms with Gasteiger partial charge in [0.2, 0.25) is 21.8 Å². The Morgan fingerprint density at radius 2 is 1.83 bits per heavy atom. The van der Waals surface area contributed by atoms with Crippen molar-refractivity contribution in [3.63, 3.8) is 0 Å². The number of hydrogen-bond donors (Lipinski definition) is 2. The van der Waals surface area contributed by atoms with Crippen LogP contribution in [-0.2, 0) is 19.6 Å². The molecule has 160 valence electrons. The van der Waals surface area contributed by atoms with Gasteiger partial charge in [-0.15, -0.1) is 0 Å². The van der Waals surface area contributed by atoms with Crippen LogP contribution < -0.4 is 15.4 Å². The van der Waals surface area contributed by atoms with Crippen molar-refractivity contribution < 1.29 is 22.7 Å². The van der Waals surface area contributed by atoms with Crippen molar-refractivity contribution in [3.8, 4) is 5.75 Å². The standard InChI is InChI=1S/C20H22BrN3O5S/c1-13(25)22-17-12-15(7-10-19(17)29-2)23-20(26)18-4-3-11-24(18)30(27,28)16-8-5-14(21)6-9-16/h5-10,12,18H,3-4,11H2,1-2H3,(H,22,25)(H,23,26). The first-order chi connectivity index (χ1) is 14.2. The summed E-state index contributed by atoms with van der Waals surface area (Å²) >= 11 is 3.29. The van der Waals surface area contributed by atoms with Gasteiger partial charge in [0, 0.05) is 23.6 Å². The molecule has 1 unspecified atom stereocenters. The molecule has 0 bridgehead atoms. The van der Waals surface area contributed by atoms with Crippen LogP contribution in [0.5, 0.6) is 5.75 Å². The van der Waals surface area contributed by atoms with Crippen molar-refractivity contribution in [2.24, 2.45) is 0 Å². The Bertz CT molecular complexity index is 1060. The summed E-state index contributed by atoms with van der Waals surface area (Å²) in [6.45, 7) is 1.64.